The van der Waals surface area contributed by atoms with Gasteiger partial charge in [0.15, 0.2) is 11.5 Å². The van der Waals surface area contributed by atoms with Crippen LogP contribution in [0.5, 0.6) is 0 Å². The number of aromatic nitrogens is 4. The van der Waals surface area contributed by atoms with Gasteiger partial charge in [0.05, 0.1) is 6.33 Å². The van der Waals surface area contributed by atoms with Crippen molar-refractivity contribution in [1.82, 2.24) is 19.9 Å². The van der Waals surface area contributed by atoms with Gasteiger partial charge in [0, 0.05) is 6.04 Å². The van der Waals surface area contributed by atoms with Crippen molar-refractivity contribution in [3.63, 3.8) is 0 Å². The summed E-state index contributed by atoms with van der Waals surface area (Å²) >= 11 is 7.88. The molecular weight excluding hydrogens is 258 g/mol. The van der Waals surface area contributed by atoms with Gasteiger partial charge in [-0.2, -0.15) is 21.7 Å². The molecule has 5 nitrogen and oxygen atoms in total. The first-order valence-electron chi connectivity index (χ1n) is 5.54. The first-order chi connectivity index (χ1) is 8.33. The number of imidazole rings is 1. The minimum atomic E-state index is 0.234. The lowest BCUT2D eigenvalue weighted by atomic mass is 10.1. The molecule has 0 unspecified atom stereocenters. The summed E-state index contributed by atoms with van der Waals surface area (Å²) in [5, 5.41) is 3.66. The summed E-state index contributed by atoms with van der Waals surface area (Å²) in [7, 11) is 0. The molecule has 0 aliphatic carbocycles. The maximum Gasteiger partial charge on any atom is 0.226 e. The number of hydrogen-bond donors (Lipinski definition) is 2. The molecule has 90 valence electrons. The van der Waals surface area contributed by atoms with E-state index in [0.29, 0.717) is 11.7 Å². The fourth-order valence-electron chi connectivity index (χ4n) is 1.95. The predicted molar refractivity (Wildman–Crippen MR) is 70.7 cm³/mol. The molecule has 1 saturated heterocycles. The fraction of sp³-hybridized carbons (Fsp3) is 0.500. The minimum Gasteiger partial charge on any atom is -0.365 e. The predicted octanol–water partition coefficient (Wildman–Crippen LogP) is 2.31. The van der Waals surface area contributed by atoms with Crippen molar-refractivity contribution in [1.29, 1.82) is 0 Å². The molecule has 3 rings (SSSR count). The molecule has 7 heteroatoms. The van der Waals surface area contributed by atoms with E-state index in [-0.39, 0.29) is 5.28 Å². The van der Waals surface area contributed by atoms with Crippen molar-refractivity contribution in [2.45, 2.75) is 18.9 Å². The Morgan fingerprint density at radius 2 is 2.18 bits per heavy atom. The molecule has 2 aromatic rings. The summed E-state index contributed by atoms with van der Waals surface area (Å²) in [5.74, 6) is 3.15. The van der Waals surface area contributed by atoms with Crippen LogP contribution in [0.1, 0.15) is 12.8 Å². The Morgan fingerprint density at radius 3 is 3.00 bits per heavy atom. The van der Waals surface area contributed by atoms with E-state index in [0.717, 1.165) is 24.2 Å². The molecule has 17 heavy (non-hydrogen) atoms. The fourth-order valence-corrected chi connectivity index (χ4v) is 3.22. The highest BCUT2D eigenvalue weighted by Crippen LogP contribution is 2.24. The molecule has 0 aromatic carbocycles. The van der Waals surface area contributed by atoms with E-state index in [1.165, 1.54) is 11.5 Å². The topological polar surface area (TPSA) is 66.5 Å². The third-order valence-electron chi connectivity index (χ3n) is 2.82. The molecular formula is C10H12ClN5S. The van der Waals surface area contributed by atoms with Crippen molar-refractivity contribution in [2.75, 3.05) is 16.8 Å². The highest BCUT2D eigenvalue weighted by Gasteiger charge is 2.16. The Morgan fingerprint density at radius 1 is 1.35 bits per heavy atom. The SMILES string of the molecule is Clc1nc(NC2CCSCC2)c2[nH]cnc2n1. The van der Waals surface area contributed by atoms with Crippen LogP contribution in [0.15, 0.2) is 6.33 Å². The Hall–Kier alpha value is -1.01. The first kappa shape index (κ1) is 11.1. The third kappa shape index (κ3) is 2.32. The number of fused-ring (bicyclic) bond motifs is 1. The largest absolute Gasteiger partial charge is 0.365 e. The van der Waals surface area contributed by atoms with Gasteiger partial charge in [0.1, 0.15) is 5.52 Å². The lowest BCUT2D eigenvalue weighted by Crippen LogP contribution is -2.25. The molecule has 0 radical (unpaired) electrons. The van der Waals surface area contributed by atoms with Crippen molar-refractivity contribution < 1.29 is 0 Å². The molecule has 2 aromatic heterocycles. The van der Waals surface area contributed by atoms with E-state index in [4.69, 9.17) is 11.6 Å². The summed E-state index contributed by atoms with van der Waals surface area (Å²) < 4.78 is 0. The number of thioether (sulfide) groups is 1. The van der Waals surface area contributed by atoms with E-state index in [2.05, 4.69) is 25.3 Å². The lowest BCUT2D eigenvalue weighted by molar-refractivity contribution is 0.664. The highest BCUT2D eigenvalue weighted by molar-refractivity contribution is 7.99. The zero-order valence-corrected chi connectivity index (χ0v) is 10.7. The smallest absolute Gasteiger partial charge is 0.226 e. The summed E-state index contributed by atoms with van der Waals surface area (Å²) in [6.07, 6.45) is 3.92. The average Bonchev–Trinajstić information content (AvgIpc) is 2.78. The number of nitrogens with zero attached hydrogens (tertiary/aromatic N) is 3. The standard InChI is InChI=1S/C10H12ClN5S/c11-10-15-8-7(12-5-13-8)9(16-10)14-6-1-3-17-4-2-6/h5-6H,1-4H2,(H2,12,13,14,15,16). The average molecular weight is 270 g/mol. The quantitative estimate of drug-likeness (QED) is 0.819. The third-order valence-corrected chi connectivity index (χ3v) is 4.04. The zero-order chi connectivity index (χ0) is 11.7. The Balaban J connectivity index is 1.90. The second-order valence-electron chi connectivity index (χ2n) is 3.97. The van der Waals surface area contributed by atoms with Crippen LogP contribution in [-0.2, 0) is 0 Å². The molecule has 0 atom stereocenters. The number of aromatic amines is 1. The van der Waals surface area contributed by atoms with Gasteiger partial charge in [-0.15, -0.1) is 0 Å². The molecule has 1 fully saturated rings. The van der Waals surface area contributed by atoms with Crippen molar-refractivity contribution in [3.05, 3.63) is 11.6 Å². The van der Waals surface area contributed by atoms with Crippen LogP contribution in [0.4, 0.5) is 5.82 Å². The van der Waals surface area contributed by atoms with Crippen LogP contribution >= 0.6 is 23.4 Å². The lowest BCUT2D eigenvalue weighted by Gasteiger charge is -2.23. The molecule has 0 amide bonds. The molecule has 3 heterocycles. The summed E-state index contributed by atoms with van der Waals surface area (Å²) in [5.41, 5.74) is 1.44. The van der Waals surface area contributed by atoms with Gasteiger partial charge in [-0.1, -0.05) is 0 Å². The molecule has 0 saturated carbocycles. The maximum atomic E-state index is 5.88. The molecule has 1 aliphatic rings. The minimum absolute atomic E-state index is 0.234. The second-order valence-corrected chi connectivity index (χ2v) is 5.54. The first-order valence-corrected chi connectivity index (χ1v) is 7.07. The van der Waals surface area contributed by atoms with E-state index in [9.17, 15) is 0 Å². The summed E-state index contributed by atoms with van der Waals surface area (Å²) in [4.78, 5) is 15.4. The van der Waals surface area contributed by atoms with Crippen LogP contribution in [0.25, 0.3) is 11.2 Å². The Bertz CT molecular complexity index is 522. The number of rotatable bonds is 2. The number of anilines is 1. The zero-order valence-electron chi connectivity index (χ0n) is 9.11. The molecule has 2 N–H and O–H groups in total. The van der Waals surface area contributed by atoms with Gasteiger partial charge in [0.2, 0.25) is 5.28 Å². The van der Waals surface area contributed by atoms with Crippen LogP contribution in [-0.4, -0.2) is 37.5 Å². The van der Waals surface area contributed by atoms with E-state index < -0.39 is 0 Å². The molecule has 0 bridgehead atoms. The van der Waals surface area contributed by atoms with Gasteiger partial charge < -0.3 is 10.3 Å². The van der Waals surface area contributed by atoms with Crippen molar-refractivity contribution >= 4 is 40.3 Å². The normalized spacial score (nSPS) is 17.5. The number of H-pyrrole nitrogens is 1. The van der Waals surface area contributed by atoms with Crippen molar-refractivity contribution in [2.24, 2.45) is 0 Å². The van der Waals surface area contributed by atoms with E-state index in [1.807, 2.05) is 11.8 Å². The Kier molecular flexibility index (Phi) is 3.07. The number of hydrogen-bond acceptors (Lipinski definition) is 5. The van der Waals surface area contributed by atoms with Gasteiger partial charge in [-0.05, 0) is 35.9 Å². The van der Waals surface area contributed by atoms with Gasteiger partial charge in [-0.3, -0.25) is 0 Å². The van der Waals surface area contributed by atoms with Crippen LogP contribution < -0.4 is 5.32 Å². The van der Waals surface area contributed by atoms with Crippen molar-refractivity contribution in [3.8, 4) is 0 Å². The van der Waals surface area contributed by atoms with Crippen LogP contribution in [0.2, 0.25) is 5.28 Å². The second kappa shape index (κ2) is 4.70. The molecule has 1 aliphatic heterocycles. The van der Waals surface area contributed by atoms with E-state index >= 15 is 0 Å². The monoisotopic (exact) mass is 269 g/mol. The number of halogens is 1. The van der Waals surface area contributed by atoms with Crippen LogP contribution in [0, 0.1) is 0 Å². The number of nitrogens with one attached hydrogen (secondary N) is 2. The maximum absolute atomic E-state index is 5.88. The van der Waals surface area contributed by atoms with Gasteiger partial charge in [-0.25, -0.2) is 4.98 Å². The Labute approximate surface area is 108 Å². The van der Waals surface area contributed by atoms with E-state index in [1.54, 1.807) is 6.33 Å². The van der Waals surface area contributed by atoms with Crippen LogP contribution in [0.3, 0.4) is 0 Å². The highest BCUT2D eigenvalue weighted by atomic mass is 35.5. The summed E-state index contributed by atoms with van der Waals surface area (Å²) in [6.45, 7) is 0. The van der Waals surface area contributed by atoms with Gasteiger partial charge in [0.25, 0.3) is 0 Å². The van der Waals surface area contributed by atoms with Gasteiger partial charge >= 0.3 is 0 Å². The molecule has 0 spiro atoms. The summed E-state index contributed by atoms with van der Waals surface area (Å²) in [6, 6.07) is 0.466.